The smallest absolute Gasteiger partial charge is 0.336 e. The van der Waals surface area contributed by atoms with Crippen molar-refractivity contribution < 1.29 is 18.0 Å². The number of urea groups is 1. The van der Waals surface area contributed by atoms with Crippen molar-refractivity contribution in [1.82, 2.24) is 14.6 Å². The zero-order valence-corrected chi connectivity index (χ0v) is 17.7. The number of pyridine rings is 1. The highest BCUT2D eigenvalue weighted by atomic mass is 35.5. The lowest BCUT2D eigenvalue weighted by Crippen LogP contribution is -2.43. The van der Waals surface area contributed by atoms with Crippen LogP contribution >= 0.6 is 11.6 Å². The topological polar surface area (TPSA) is 108 Å². The molecule has 8 nitrogen and oxygen atoms in total. The van der Waals surface area contributed by atoms with Crippen molar-refractivity contribution in [3.63, 3.8) is 0 Å². The van der Waals surface area contributed by atoms with Crippen molar-refractivity contribution in [2.45, 2.75) is 49.6 Å². The van der Waals surface area contributed by atoms with Gasteiger partial charge in [-0.05, 0) is 42.7 Å². The van der Waals surface area contributed by atoms with Gasteiger partial charge in [0.05, 0.1) is 12.2 Å². The molecule has 3 amide bonds. The maximum Gasteiger partial charge on any atom is 0.336 e. The standard InChI is InChI=1S/C20H21ClN4O4S/c21-14-7-9-16-18(10-14)30(28,29)25(20(27)24-16)12-13-6-8-17(22-11-13)19(26)23-15-4-2-1-3-5-15/h6-11,15H,1-5,12H2,(H,23,26)(H,24,27). The molecule has 1 aromatic heterocycles. The molecule has 0 radical (unpaired) electrons. The average Bonchev–Trinajstić information content (AvgIpc) is 2.73. The number of nitrogens with one attached hydrogen (secondary N) is 2. The molecular formula is C20H21ClN4O4S. The molecule has 0 bridgehead atoms. The van der Waals surface area contributed by atoms with E-state index in [0.29, 0.717) is 5.56 Å². The summed E-state index contributed by atoms with van der Waals surface area (Å²) in [6, 6.07) is 6.80. The number of amides is 3. The number of rotatable bonds is 4. The fourth-order valence-electron chi connectivity index (χ4n) is 3.70. The number of carbonyl (C=O) groups excluding carboxylic acids is 2. The molecule has 4 rings (SSSR count). The largest absolute Gasteiger partial charge is 0.348 e. The van der Waals surface area contributed by atoms with E-state index in [1.165, 1.54) is 36.9 Å². The van der Waals surface area contributed by atoms with E-state index in [-0.39, 0.29) is 39.8 Å². The molecule has 1 aliphatic carbocycles. The van der Waals surface area contributed by atoms with Crippen LogP contribution < -0.4 is 10.6 Å². The molecule has 2 heterocycles. The fourth-order valence-corrected chi connectivity index (χ4v) is 5.43. The van der Waals surface area contributed by atoms with E-state index in [2.05, 4.69) is 15.6 Å². The summed E-state index contributed by atoms with van der Waals surface area (Å²) in [6.45, 7) is -0.211. The van der Waals surface area contributed by atoms with Crippen LogP contribution in [0, 0.1) is 0 Å². The maximum atomic E-state index is 12.9. The van der Waals surface area contributed by atoms with Crippen LogP contribution in [0.4, 0.5) is 10.5 Å². The Kier molecular flexibility index (Phi) is 5.66. The third-order valence-electron chi connectivity index (χ3n) is 5.30. The maximum absolute atomic E-state index is 12.9. The summed E-state index contributed by atoms with van der Waals surface area (Å²) >= 11 is 5.92. The predicted octanol–water partition coefficient (Wildman–Crippen LogP) is 3.53. The number of hydrogen-bond acceptors (Lipinski definition) is 5. The van der Waals surface area contributed by atoms with Gasteiger partial charge >= 0.3 is 6.03 Å². The lowest BCUT2D eigenvalue weighted by Gasteiger charge is -2.28. The molecule has 0 unspecified atom stereocenters. The lowest BCUT2D eigenvalue weighted by molar-refractivity contribution is 0.0922. The summed E-state index contributed by atoms with van der Waals surface area (Å²) in [6.07, 6.45) is 6.76. The molecule has 0 atom stereocenters. The molecule has 2 aromatic rings. The molecule has 1 aromatic carbocycles. The SMILES string of the molecule is O=C(NC1CCCCC1)c1ccc(CN2C(=O)Nc3ccc(Cl)cc3S2(=O)=O)cn1. The molecule has 158 valence electrons. The van der Waals surface area contributed by atoms with E-state index < -0.39 is 16.1 Å². The molecule has 0 saturated heterocycles. The monoisotopic (exact) mass is 448 g/mol. The Balaban J connectivity index is 1.49. The Hall–Kier alpha value is -2.65. The lowest BCUT2D eigenvalue weighted by atomic mass is 9.95. The van der Waals surface area contributed by atoms with Gasteiger partial charge < -0.3 is 10.6 Å². The van der Waals surface area contributed by atoms with Crippen molar-refractivity contribution >= 4 is 39.2 Å². The molecule has 1 aliphatic heterocycles. The van der Waals surface area contributed by atoms with Gasteiger partial charge in [0, 0.05) is 17.3 Å². The van der Waals surface area contributed by atoms with Crippen molar-refractivity contribution in [2.75, 3.05) is 5.32 Å². The number of carbonyl (C=O) groups is 2. The van der Waals surface area contributed by atoms with Crippen molar-refractivity contribution in [3.8, 4) is 0 Å². The number of hydrogen-bond donors (Lipinski definition) is 2. The number of halogens is 1. The summed E-state index contributed by atoms with van der Waals surface area (Å²) in [5.74, 6) is -0.250. The predicted molar refractivity (Wildman–Crippen MR) is 112 cm³/mol. The van der Waals surface area contributed by atoms with Gasteiger partial charge in [-0.15, -0.1) is 0 Å². The van der Waals surface area contributed by atoms with Crippen molar-refractivity contribution in [1.29, 1.82) is 0 Å². The summed E-state index contributed by atoms with van der Waals surface area (Å²) in [7, 11) is -4.07. The average molecular weight is 449 g/mol. The molecule has 2 aliphatic rings. The third-order valence-corrected chi connectivity index (χ3v) is 7.31. The molecule has 1 saturated carbocycles. The Labute approximate surface area is 179 Å². The summed E-state index contributed by atoms with van der Waals surface area (Å²) in [5, 5.41) is 5.79. The Bertz CT molecular complexity index is 1080. The molecular weight excluding hydrogens is 428 g/mol. The Morgan fingerprint density at radius 1 is 1.20 bits per heavy atom. The molecule has 1 fully saturated rings. The third kappa shape index (κ3) is 4.13. The van der Waals surface area contributed by atoms with E-state index >= 15 is 0 Å². The molecule has 0 spiro atoms. The van der Waals surface area contributed by atoms with Gasteiger partial charge in [0.2, 0.25) is 0 Å². The fraction of sp³-hybridized carbons (Fsp3) is 0.350. The summed E-state index contributed by atoms with van der Waals surface area (Å²) in [5.41, 5.74) is 0.925. The quantitative estimate of drug-likeness (QED) is 0.743. The van der Waals surface area contributed by atoms with Crippen molar-refractivity contribution in [3.05, 3.63) is 52.8 Å². The van der Waals surface area contributed by atoms with Gasteiger partial charge in [0.25, 0.3) is 15.9 Å². The highest BCUT2D eigenvalue weighted by molar-refractivity contribution is 7.90. The second kappa shape index (κ2) is 8.23. The first-order chi connectivity index (χ1) is 14.3. The minimum atomic E-state index is -4.07. The van der Waals surface area contributed by atoms with E-state index in [4.69, 9.17) is 11.6 Å². The van der Waals surface area contributed by atoms with E-state index in [0.717, 1.165) is 30.0 Å². The molecule has 30 heavy (non-hydrogen) atoms. The number of aromatic nitrogens is 1. The number of anilines is 1. The van der Waals surface area contributed by atoms with Crippen LogP contribution in [0.1, 0.15) is 48.2 Å². The van der Waals surface area contributed by atoms with Gasteiger partial charge in [0.1, 0.15) is 10.6 Å². The van der Waals surface area contributed by atoms with E-state index in [1.54, 1.807) is 6.07 Å². The van der Waals surface area contributed by atoms with Gasteiger partial charge in [-0.3, -0.25) is 9.78 Å². The van der Waals surface area contributed by atoms with Gasteiger partial charge in [-0.1, -0.05) is 36.9 Å². The highest BCUT2D eigenvalue weighted by Crippen LogP contribution is 2.33. The van der Waals surface area contributed by atoms with E-state index in [9.17, 15) is 18.0 Å². The van der Waals surface area contributed by atoms with E-state index in [1.807, 2.05) is 0 Å². The summed E-state index contributed by atoms with van der Waals surface area (Å²) < 4.78 is 26.5. The highest BCUT2D eigenvalue weighted by Gasteiger charge is 2.36. The molecule has 10 heteroatoms. The Morgan fingerprint density at radius 2 is 1.97 bits per heavy atom. The number of fused-ring (bicyclic) bond motifs is 1. The van der Waals surface area contributed by atoms with Gasteiger partial charge in [0.15, 0.2) is 0 Å². The second-order valence-electron chi connectivity index (χ2n) is 7.44. The number of benzene rings is 1. The summed E-state index contributed by atoms with van der Waals surface area (Å²) in [4.78, 5) is 28.8. The van der Waals surface area contributed by atoms with Crippen LogP contribution in [-0.4, -0.2) is 35.7 Å². The van der Waals surface area contributed by atoms with Crippen molar-refractivity contribution in [2.24, 2.45) is 0 Å². The van der Waals surface area contributed by atoms with Crippen LogP contribution in [0.3, 0.4) is 0 Å². The normalized spacial score (nSPS) is 18.4. The first kappa shape index (κ1) is 20.6. The zero-order chi connectivity index (χ0) is 21.3. The zero-order valence-electron chi connectivity index (χ0n) is 16.1. The minimum Gasteiger partial charge on any atom is -0.348 e. The number of nitrogens with zero attached hydrogens (tertiary/aromatic N) is 2. The van der Waals surface area contributed by atoms with Crippen LogP contribution in [0.5, 0.6) is 0 Å². The van der Waals surface area contributed by atoms with Gasteiger partial charge in [-0.25, -0.2) is 17.5 Å². The second-order valence-corrected chi connectivity index (χ2v) is 9.71. The first-order valence-electron chi connectivity index (χ1n) is 9.74. The van der Waals surface area contributed by atoms with Crippen LogP contribution in [0.25, 0.3) is 0 Å². The Morgan fingerprint density at radius 3 is 2.67 bits per heavy atom. The molecule has 2 N–H and O–H groups in total. The van der Waals surface area contributed by atoms with Crippen LogP contribution in [0.15, 0.2) is 41.4 Å². The minimum absolute atomic E-state index is 0.0639. The first-order valence-corrected chi connectivity index (χ1v) is 11.6. The van der Waals surface area contributed by atoms with Gasteiger partial charge in [-0.2, -0.15) is 0 Å². The number of sulfonamides is 1. The van der Waals surface area contributed by atoms with Crippen LogP contribution in [-0.2, 0) is 16.6 Å². The van der Waals surface area contributed by atoms with Crippen LogP contribution in [0.2, 0.25) is 5.02 Å².